The average molecular weight is 331 g/mol. The standard InChI is InChI=1S/C15H21N7S/c1-3-5-12-20-13(11-8-18-22(2)14(11)21-12)17-7-4-6-10-9-23-15(16)19-10/h8-9H,3-7H2,1-2H3,(H2,16,19)(H,17,20,21). The highest BCUT2D eigenvalue weighted by molar-refractivity contribution is 7.13. The van der Waals surface area contributed by atoms with Crippen LogP contribution in [0.5, 0.6) is 0 Å². The van der Waals surface area contributed by atoms with E-state index in [-0.39, 0.29) is 0 Å². The maximum atomic E-state index is 5.65. The number of thiazole rings is 1. The van der Waals surface area contributed by atoms with Crippen molar-refractivity contribution in [3.8, 4) is 0 Å². The van der Waals surface area contributed by atoms with Crippen molar-refractivity contribution in [2.75, 3.05) is 17.6 Å². The van der Waals surface area contributed by atoms with Gasteiger partial charge < -0.3 is 11.1 Å². The van der Waals surface area contributed by atoms with Crippen LogP contribution in [-0.4, -0.2) is 31.3 Å². The first-order valence-corrected chi connectivity index (χ1v) is 8.67. The van der Waals surface area contributed by atoms with Crippen LogP contribution in [0.15, 0.2) is 11.6 Å². The number of nitrogen functional groups attached to an aromatic ring is 1. The molecule has 3 heterocycles. The first-order valence-electron chi connectivity index (χ1n) is 7.79. The van der Waals surface area contributed by atoms with Gasteiger partial charge in [-0.1, -0.05) is 6.92 Å². The zero-order chi connectivity index (χ0) is 16.2. The Morgan fingerprint density at radius 2 is 2.13 bits per heavy atom. The van der Waals surface area contributed by atoms with Crippen molar-refractivity contribution >= 4 is 33.3 Å². The number of nitrogens with zero attached hydrogens (tertiary/aromatic N) is 5. The molecule has 23 heavy (non-hydrogen) atoms. The normalized spacial score (nSPS) is 11.2. The summed E-state index contributed by atoms with van der Waals surface area (Å²) in [6.07, 6.45) is 5.58. The van der Waals surface area contributed by atoms with Gasteiger partial charge in [0.1, 0.15) is 11.6 Å². The molecule has 3 aromatic rings. The third kappa shape index (κ3) is 3.58. The lowest BCUT2D eigenvalue weighted by atomic mass is 10.2. The molecular formula is C15H21N7S. The fraction of sp³-hybridized carbons (Fsp3) is 0.467. The van der Waals surface area contributed by atoms with E-state index in [4.69, 9.17) is 5.73 Å². The van der Waals surface area contributed by atoms with Crippen molar-refractivity contribution in [1.82, 2.24) is 24.7 Å². The third-order valence-electron chi connectivity index (χ3n) is 3.58. The van der Waals surface area contributed by atoms with Crippen molar-refractivity contribution < 1.29 is 0 Å². The number of hydrogen-bond acceptors (Lipinski definition) is 7. The molecule has 7 nitrogen and oxygen atoms in total. The first kappa shape index (κ1) is 15.7. The number of aryl methyl sites for hydroxylation is 3. The van der Waals surface area contributed by atoms with Crippen molar-refractivity contribution in [3.63, 3.8) is 0 Å². The van der Waals surface area contributed by atoms with E-state index in [0.717, 1.165) is 60.6 Å². The Bertz CT molecular complexity index is 792. The molecule has 0 spiro atoms. The zero-order valence-corrected chi connectivity index (χ0v) is 14.2. The Morgan fingerprint density at radius 3 is 2.87 bits per heavy atom. The summed E-state index contributed by atoms with van der Waals surface area (Å²) in [4.78, 5) is 13.5. The summed E-state index contributed by atoms with van der Waals surface area (Å²) < 4.78 is 1.79. The quantitative estimate of drug-likeness (QED) is 0.646. The van der Waals surface area contributed by atoms with Crippen LogP contribution < -0.4 is 11.1 Å². The second-order valence-electron chi connectivity index (χ2n) is 5.45. The number of fused-ring (bicyclic) bond motifs is 1. The number of nitrogens with one attached hydrogen (secondary N) is 1. The van der Waals surface area contributed by atoms with E-state index < -0.39 is 0 Å². The van der Waals surface area contributed by atoms with Crippen LogP contribution in [0.4, 0.5) is 10.9 Å². The Kier molecular flexibility index (Phi) is 4.71. The van der Waals surface area contributed by atoms with Gasteiger partial charge in [-0.25, -0.2) is 15.0 Å². The van der Waals surface area contributed by atoms with Gasteiger partial charge >= 0.3 is 0 Å². The van der Waals surface area contributed by atoms with E-state index in [2.05, 4.69) is 32.3 Å². The summed E-state index contributed by atoms with van der Waals surface area (Å²) >= 11 is 1.49. The van der Waals surface area contributed by atoms with Crippen molar-refractivity contribution in [2.24, 2.45) is 7.05 Å². The van der Waals surface area contributed by atoms with Gasteiger partial charge in [0.15, 0.2) is 10.8 Å². The summed E-state index contributed by atoms with van der Waals surface area (Å²) in [6, 6.07) is 0. The van der Waals surface area contributed by atoms with Crippen LogP contribution in [0.2, 0.25) is 0 Å². The Balaban J connectivity index is 1.68. The largest absolute Gasteiger partial charge is 0.375 e. The number of nitrogens with two attached hydrogens (primary N) is 1. The fourth-order valence-corrected chi connectivity index (χ4v) is 3.05. The number of anilines is 2. The lowest BCUT2D eigenvalue weighted by Crippen LogP contribution is -2.08. The minimum atomic E-state index is 0.630. The van der Waals surface area contributed by atoms with Gasteiger partial charge in [0, 0.05) is 25.4 Å². The molecular weight excluding hydrogens is 310 g/mol. The van der Waals surface area contributed by atoms with E-state index in [1.807, 2.05) is 18.6 Å². The summed E-state index contributed by atoms with van der Waals surface area (Å²) in [5.41, 5.74) is 7.57. The average Bonchev–Trinajstić information content (AvgIpc) is 3.11. The number of aromatic nitrogens is 5. The fourth-order valence-electron chi connectivity index (χ4n) is 2.45. The summed E-state index contributed by atoms with van der Waals surface area (Å²) in [6.45, 7) is 2.95. The molecule has 0 aliphatic rings. The summed E-state index contributed by atoms with van der Waals surface area (Å²) in [7, 11) is 1.90. The Morgan fingerprint density at radius 1 is 1.26 bits per heavy atom. The van der Waals surface area contributed by atoms with Gasteiger partial charge in [-0.15, -0.1) is 11.3 Å². The molecule has 8 heteroatoms. The van der Waals surface area contributed by atoms with Crippen LogP contribution in [0.25, 0.3) is 11.0 Å². The molecule has 0 fully saturated rings. The smallest absolute Gasteiger partial charge is 0.180 e. The van der Waals surface area contributed by atoms with E-state index in [1.165, 1.54) is 11.3 Å². The number of hydrogen-bond donors (Lipinski definition) is 2. The minimum Gasteiger partial charge on any atom is -0.375 e. The van der Waals surface area contributed by atoms with Crippen molar-refractivity contribution in [1.29, 1.82) is 0 Å². The lowest BCUT2D eigenvalue weighted by Gasteiger charge is -2.08. The molecule has 0 aliphatic carbocycles. The second kappa shape index (κ2) is 6.91. The highest BCUT2D eigenvalue weighted by atomic mass is 32.1. The molecule has 3 rings (SSSR count). The summed E-state index contributed by atoms with van der Waals surface area (Å²) in [5.74, 6) is 1.72. The van der Waals surface area contributed by atoms with Crippen molar-refractivity contribution in [2.45, 2.75) is 32.6 Å². The van der Waals surface area contributed by atoms with Crippen LogP contribution in [0, 0.1) is 0 Å². The van der Waals surface area contributed by atoms with Gasteiger partial charge in [-0.05, 0) is 19.3 Å². The Hall–Kier alpha value is -2.22. The van der Waals surface area contributed by atoms with E-state index in [0.29, 0.717) is 5.13 Å². The minimum absolute atomic E-state index is 0.630. The summed E-state index contributed by atoms with van der Waals surface area (Å²) in [5, 5.41) is 11.3. The SMILES string of the molecule is CCCc1nc(NCCCc2csc(N)n2)c2cnn(C)c2n1. The predicted molar refractivity (Wildman–Crippen MR) is 93.6 cm³/mol. The van der Waals surface area contributed by atoms with Crippen LogP contribution in [0.1, 0.15) is 31.3 Å². The highest BCUT2D eigenvalue weighted by Gasteiger charge is 2.11. The lowest BCUT2D eigenvalue weighted by molar-refractivity contribution is 0.771. The topological polar surface area (TPSA) is 94.5 Å². The molecule has 0 bridgehead atoms. The predicted octanol–water partition coefficient (Wildman–Crippen LogP) is 2.40. The van der Waals surface area contributed by atoms with Gasteiger partial charge in [-0.2, -0.15) is 5.10 Å². The van der Waals surface area contributed by atoms with E-state index >= 15 is 0 Å². The first-order chi connectivity index (χ1) is 11.2. The molecule has 0 saturated heterocycles. The number of rotatable bonds is 7. The van der Waals surface area contributed by atoms with Crippen LogP contribution in [0.3, 0.4) is 0 Å². The monoisotopic (exact) mass is 331 g/mol. The molecule has 3 N–H and O–H groups in total. The van der Waals surface area contributed by atoms with Gasteiger partial charge in [0.25, 0.3) is 0 Å². The molecule has 0 aliphatic heterocycles. The molecule has 122 valence electrons. The zero-order valence-electron chi connectivity index (χ0n) is 13.4. The second-order valence-corrected chi connectivity index (χ2v) is 6.34. The van der Waals surface area contributed by atoms with E-state index in [1.54, 1.807) is 4.68 Å². The van der Waals surface area contributed by atoms with Crippen LogP contribution in [-0.2, 0) is 19.9 Å². The third-order valence-corrected chi connectivity index (χ3v) is 4.31. The molecule has 0 saturated carbocycles. The highest BCUT2D eigenvalue weighted by Crippen LogP contribution is 2.20. The molecule has 0 amide bonds. The van der Waals surface area contributed by atoms with Crippen molar-refractivity contribution in [3.05, 3.63) is 23.1 Å². The van der Waals surface area contributed by atoms with Gasteiger partial charge in [-0.3, -0.25) is 4.68 Å². The molecule has 0 unspecified atom stereocenters. The molecule has 3 aromatic heterocycles. The molecule has 0 radical (unpaired) electrons. The van der Waals surface area contributed by atoms with Gasteiger partial charge in [0.05, 0.1) is 17.3 Å². The van der Waals surface area contributed by atoms with E-state index in [9.17, 15) is 0 Å². The molecule has 0 aromatic carbocycles. The molecule has 0 atom stereocenters. The maximum absolute atomic E-state index is 5.65. The Labute approximate surface area is 139 Å². The van der Waals surface area contributed by atoms with Crippen LogP contribution >= 0.6 is 11.3 Å². The maximum Gasteiger partial charge on any atom is 0.180 e. The van der Waals surface area contributed by atoms with Gasteiger partial charge in [0.2, 0.25) is 0 Å².